The Kier molecular flexibility index (Phi) is 4.55. The lowest BCUT2D eigenvalue weighted by Crippen LogP contribution is -2.41. The van der Waals surface area contributed by atoms with E-state index in [-0.39, 0.29) is 11.7 Å². The van der Waals surface area contributed by atoms with E-state index < -0.39 is 11.9 Å². The van der Waals surface area contributed by atoms with E-state index in [1.165, 1.54) is 17.0 Å². The molecule has 0 spiro atoms. The molecule has 9 heteroatoms. The van der Waals surface area contributed by atoms with Crippen molar-refractivity contribution in [1.29, 1.82) is 0 Å². The number of tetrazole rings is 1. The molecule has 25 heavy (non-hydrogen) atoms. The van der Waals surface area contributed by atoms with E-state index in [1.54, 1.807) is 38.2 Å². The maximum absolute atomic E-state index is 12.3. The smallest absolute Gasteiger partial charge is 0.287 e. The van der Waals surface area contributed by atoms with Crippen LogP contribution in [0.4, 0.5) is 5.69 Å². The topological polar surface area (TPSA) is 115 Å². The Morgan fingerprint density at radius 1 is 1.24 bits per heavy atom. The molecule has 2 heterocycles. The van der Waals surface area contributed by atoms with Crippen LogP contribution >= 0.6 is 0 Å². The number of carbonyl (C=O) groups is 2. The summed E-state index contributed by atoms with van der Waals surface area (Å²) in [5, 5.41) is 16.6. The lowest BCUT2D eigenvalue weighted by Gasteiger charge is -2.13. The van der Waals surface area contributed by atoms with Crippen molar-refractivity contribution in [2.45, 2.75) is 13.0 Å². The second-order valence-corrected chi connectivity index (χ2v) is 5.37. The van der Waals surface area contributed by atoms with Crippen LogP contribution in [0.25, 0.3) is 11.4 Å². The number of aryl methyl sites for hydroxylation is 1. The number of hydrogen-bond acceptors (Lipinski definition) is 6. The lowest BCUT2D eigenvalue weighted by molar-refractivity contribution is -0.117. The van der Waals surface area contributed by atoms with Gasteiger partial charge in [-0.25, -0.2) is 4.68 Å². The van der Waals surface area contributed by atoms with Gasteiger partial charge in [0.05, 0.1) is 6.26 Å². The van der Waals surface area contributed by atoms with Gasteiger partial charge in [-0.05, 0) is 41.6 Å². The van der Waals surface area contributed by atoms with Gasteiger partial charge in [0.25, 0.3) is 5.91 Å². The van der Waals surface area contributed by atoms with E-state index in [0.717, 1.165) is 5.56 Å². The lowest BCUT2D eigenvalue weighted by atomic mass is 10.2. The van der Waals surface area contributed by atoms with Gasteiger partial charge in [0, 0.05) is 18.3 Å². The minimum atomic E-state index is -0.738. The fourth-order valence-electron chi connectivity index (χ4n) is 2.20. The summed E-state index contributed by atoms with van der Waals surface area (Å²) >= 11 is 0. The monoisotopic (exact) mass is 340 g/mol. The zero-order valence-electron chi connectivity index (χ0n) is 13.6. The molecule has 0 bridgehead atoms. The van der Waals surface area contributed by atoms with Gasteiger partial charge in [-0.2, -0.15) is 0 Å². The molecule has 1 atom stereocenters. The standard InChI is InChI=1S/C16H16N6O3/c1-10(17-16(24)13-7-4-8-25-13)15(23)18-12-6-3-5-11(9-12)14-19-20-21-22(14)2/h3-10H,1-2H3,(H,17,24)(H,18,23)/t10-/m0/s1. The summed E-state index contributed by atoms with van der Waals surface area (Å²) in [5.41, 5.74) is 1.34. The van der Waals surface area contributed by atoms with Crippen molar-refractivity contribution in [2.24, 2.45) is 7.05 Å². The number of nitrogens with zero attached hydrogens (tertiary/aromatic N) is 4. The fraction of sp³-hybridized carbons (Fsp3) is 0.188. The molecule has 9 nitrogen and oxygen atoms in total. The van der Waals surface area contributed by atoms with E-state index in [2.05, 4.69) is 26.2 Å². The van der Waals surface area contributed by atoms with Gasteiger partial charge in [0.15, 0.2) is 11.6 Å². The molecule has 0 saturated carbocycles. The third-order valence-electron chi connectivity index (χ3n) is 3.49. The Labute approximate surface area is 143 Å². The van der Waals surface area contributed by atoms with Crippen molar-refractivity contribution in [3.63, 3.8) is 0 Å². The third-order valence-corrected chi connectivity index (χ3v) is 3.49. The quantitative estimate of drug-likeness (QED) is 0.722. The van der Waals surface area contributed by atoms with E-state index in [9.17, 15) is 9.59 Å². The van der Waals surface area contributed by atoms with Crippen LogP contribution in [-0.2, 0) is 11.8 Å². The maximum Gasteiger partial charge on any atom is 0.287 e. The normalized spacial score (nSPS) is 11.8. The molecule has 3 rings (SSSR count). The Hall–Kier alpha value is -3.49. The number of carbonyl (C=O) groups excluding carboxylic acids is 2. The maximum atomic E-state index is 12.3. The van der Waals surface area contributed by atoms with Crippen LogP contribution in [0.2, 0.25) is 0 Å². The van der Waals surface area contributed by atoms with Gasteiger partial charge in [0.1, 0.15) is 6.04 Å². The predicted octanol–water partition coefficient (Wildman–Crippen LogP) is 1.23. The summed E-state index contributed by atoms with van der Waals surface area (Å²) in [6.07, 6.45) is 1.40. The first-order valence-electron chi connectivity index (χ1n) is 7.52. The zero-order valence-corrected chi connectivity index (χ0v) is 13.6. The average molecular weight is 340 g/mol. The molecule has 0 radical (unpaired) electrons. The van der Waals surface area contributed by atoms with Crippen molar-refractivity contribution in [3.05, 3.63) is 48.4 Å². The van der Waals surface area contributed by atoms with Crippen LogP contribution in [-0.4, -0.2) is 38.1 Å². The van der Waals surface area contributed by atoms with Gasteiger partial charge in [-0.1, -0.05) is 12.1 Å². The number of rotatable bonds is 5. The fourth-order valence-corrected chi connectivity index (χ4v) is 2.20. The zero-order chi connectivity index (χ0) is 17.8. The first-order valence-corrected chi connectivity index (χ1v) is 7.52. The molecular weight excluding hydrogens is 324 g/mol. The van der Waals surface area contributed by atoms with E-state index in [1.807, 2.05) is 6.07 Å². The molecule has 1 aromatic carbocycles. The molecule has 0 aliphatic heterocycles. The van der Waals surface area contributed by atoms with Gasteiger partial charge in [0.2, 0.25) is 5.91 Å². The summed E-state index contributed by atoms with van der Waals surface area (Å²) in [6.45, 7) is 1.59. The summed E-state index contributed by atoms with van der Waals surface area (Å²) in [6, 6.07) is 9.51. The SMILES string of the molecule is C[C@H](NC(=O)c1ccco1)C(=O)Nc1cccc(-c2nnnn2C)c1. The Bertz CT molecular complexity index is 887. The first-order chi connectivity index (χ1) is 12.0. The van der Waals surface area contributed by atoms with Crippen LogP contribution in [0.1, 0.15) is 17.5 Å². The van der Waals surface area contributed by atoms with Crippen molar-refractivity contribution >= 4 is 17.5 Å². The summed E-state index contributed by atoms with van der Waals surface area (Å²) in [7, 11) is 1.73. The van der Waals surface area contributed by atoms with Crippen molar-refractivity contribution in [3.8, 4) is 11.4 Å². The van der Waals surface area contributed by atoms with E-state index in [4.69, 9.17) is 4.42 Å². The van der Waals surface area contributed by atoms with Gasteiger partial charge in [-0.15, -0.1) is 5.10 Å². The molecule has 2 N–H and O–H groups in total. The number of amides is 2. The molecule has 3 aromatic rings. The average Bonchev–Trinajstić information content (AvgIpc) is 3.26. The second kappa shape index (κ2) is 6.95. The molecule has 2 aromatic heterocycles. The molecular formula is C16H16N6O3. The first kappa shape index (κ1) is 16.4. The second-order valence-electron chi connectivity index (χ2n) is 5.37. The van der Waals surface area contributed by atoms with Crippen molar-refractivity contribution < 1.29 is 14.0 Å². The van der Waals surface area contributed by atoms with Crippen LogP contribution < -0.4 is 10.6 Å². The minimum Gasteiger partial charge on any atom is -0.459 e. The summed E-state index contributed by atoms with van der Waals surface area (Å²) in [5.74, 6) is -0.0774. The van der Waals surface area contributed by atoms with Crippen molar-refractivity contribution in [1.82, 2.24) is 25.5 Å². The molecule has 0 saturated heterocycles. The van der Waals surface area contributed by atoms with Gasteiger partial charge < -0.3 is 15.1 Å². The predicted molar refractivity (Wildman–Crippen MR) is 88.5 cm³/mol. The highest BCUT2D eigenvalue weighted by atomic mass is 16.3. The van der Waals surface area contributed by atoms with Crippen molar-refractivity contribution in [2.75, 3.05) is 5.32 Å². The van der Waals surface area contributed by atoms with Crippen LogP contribution in [0.3, 0.4) is 0 Å². The molecule has 0 aliphatic carbocycles. The molecule has 0 unspecified atom stereocenters. The minimum absolute atomic E-state index is 0.149. The van der Waals surface area contributed by atoms with Crippen LogP contribution in [0, 0.1) is 0 Å². The van der Waals surface area contributed by atoms with Gasteiger partial charge in [-0.3, -0.25) is 9.59 Å². The molecule has 0 aliphatic rings. The van der Waals surface area contributed by atoms with Crippen LogP contribution in [0.15, 0.2) is 47.1 Å². The Balaban J connectivity index is 1.66. The molecule has 128 valence electrons. The van der Waals surface area contributed by atoms with Gasteiger partial charge >= 0.3 is 0 Å². The highest BCUT2D eigenvalue weighted by Crippen LogP contribution is 2.19. The van der Waals surface area contributed by atoms with Crippen LogP contribution in [0.5, 0.6) is 0 Å². The molecule has 0 fully saturated rings. The Morgan fingerprint density at radius 3 is 2.76 bits per heavy atom. The number of anilines is 1. The third kappa shape index (κ3) is 3.71. The van der Waals surface area contributed by atoms with E-state index >= 15 is 0 Å². The highest BCUT2D eigenvalue weighted by molar-refractivity contribution is 6.00. The van der Waals surface area contributed by atoms with E-state index in [0.29, 0.717) is 11.5 Å². The number of aromatic nitrogens is 4. The summed E-state index contributed by atoms with van der Waals surface area (Å²) in [4.78, 5) is 24.2. The molecule has 2 amide bonds. The number of hydrogen-bond donors (Lipinski definition) is 2. The number of furan rings is 1. The number of nitrogens with one attached hydrogen (secondary N) is 2. The highest BCUT2D eigenvalue weighted by Gasteiger charge is 2.18. The Morgan fingerprint density at radius 2 is 2.08 bits per heavy atom. The largest absolute Gasteiger partial charge is 0.459 e. The number of benzene rings is 1. The summed E-state index contributed by atoms with van der Waals surface area (Å²) < 4.78 is 6.53.